The number of piperazine rings is 1. The predicted octanol–water partition coefficient (Wildman–Crippen LogP) is 4.01. The molecule has 2 atom stereocenters. The Hall–Kier alpha value is 0.270. The molecule has 0 aromatic rings. The lowest BCUT2D eigenvalue weighted by molar-refractivity contribution is 0.105. The van der Waals surface area contributed by atoms with Gasteiger partial charge in [0.05, 0.1) is 0 Å². The Bertz CT molecular complexity index is 255. The first-order chi connectivity index (χ1) is 9.50. The summed E-state index contributed by atoms with van der Waals surface area (Å²) in [6, 6.07) is 1.41. The second-order valence-corrected chi connectivity index (χ2v) is 8.09. The van der Waals surface area contributed by atoms with Crippen molar-refractivity contribution in [1.82, 2.24) is 10.2 Å². The van der Waals surface area contributed by atoms with E-state index in [0.29, 0.717) is 10.8 Å². The summed E-state index contributed by atoms with van der Waals surface area (Å²) >= 11 is 2.08. The average molecular weight is 301 g/mol. The first kappa shape index (κ1) is 18.3. The monoisotopic (exact) mass is 300 g/mol. The maximum Gasteiger partial charge on any atom is 0.0279 e. The minimum atomic E-state index is 0.452. The highest BCUT2D eigenvalue weighted by molar-refractivity contribution is 8.00. The zero-order valence-electron chi connectivity index (χ0n) is 14.5. The molecule has 0 amide bonds. The van der Waals surface area contributed by atoms with Crippen molar-refractivity contribution in [3.05, 3.63) is 0 Å². The van der Waals surface area contributed by atoms with Crippen molar-refractivity contribution < 1.29 is 0 Å². The van der Waals surface area contributed by atoms with Gasteiger partial charge < -0.3 is 5.32 Å². The number of hydrogen-bond donors (Lipinski definition) is 1. The Kier molecular flexibility index (Phi) is 7.92. The van der Waals surface area contributed by atoms with Crippen LogP contribution in [-0.4, -0.2) is 47.6 Å². The van der Waals surface area contributed by atoms with Gasteiger partial charge in [-0.15, -0.1) is 0 Å². The van der Waals surface area contributed by atoms with Crippen molar-refractivity contribution in [2.45, 2.75) is 77.1 Å². The van der Waals surface area contributed by atoms with E-state index in [1.807, 2.05) is 0 Å². The first-order valence-corrected chi connectivity index (χ1v) is 9.75. The minimum absolute atomic E-state index is 0.452. The number of rotatable bonds is 8. The Morgan fingerprint density at radius 1 is 1.25 bits per heavy atom. The summed E-state index contributed by atoms with van der Waals surface area (Å²) in [7, 11) is 0. The second-order valence-electron chi connectivity index (χ2n) is 6.82. The van der Waals surface area contributed by atoms with Crippen molar-refractivity contribution >= 4 is 11.8 Å². The van der Waals surface area contributed by atoms with Gasteiger partial charge in [0.25, 0.3) is 0 Å². The fourth-order valence-corrected chi connectivity index (χ4v) is 4.32. The molecule has 0 aliphatic carbocycles. The van der Waals surface area contributed by atoms with Gasteiger partial charge in [-0.1, -0.05) is 34.6 Å². The maximum atomic E-state index is 3.77. The van der Waals surface area contributed by atoms with Gasteiger partial charge in [0.15, 0.2) is 0 Å². The van der Waals surface area contributed by atoms with Gasteiger partial charge in [0, 0.05) is 36.5 Å². The largest absolute Gasteiger partial charge is 0.311 e. The van der Waals surface area contributed by atoms with Crippen LogP contribution in [0.15, 0.2) is 0 Å². The zero-order valence-corrected chi connectivity index (χ0v) is 15.4. The van der Waals surface area contributed by atoms with Crippen LogP contribution in [0.1, 0.15) is 60.3 Å². The van der Waals surface area contributed by atoms with Gasteiger partial charge in [0.2, 0.25) is 0 Å². The molecular formula is C17H36N2S. The molecule has 2 unspecified atom stereocenters. The SMILES string of the molecule is CCC1CNC(CC(C)C)CN1CC(CC)(CC)SC. The highest BCUT2D eigenvalue weighted by Gasteiger charge is 2.34. The lowest BCUT2D eigenvalue weighted by atomic mass is 9.95. The summed E-state index contributed by atoms with van der Waals surface area (Å²) < 4.78 is 0.452. The van der Waals surface area contributed by atoms with E-state index in [2.05, 4.69) is 62.9 Å². The van der Waals surface area contributed by atoms with E-state index in [-0.39, 0.29) is 0 Å². The standard InChI is InChI=1S/C17H36N2S/c1-7-16-11-18-15(10-14(4)5)12-19(16)13-17(8-2,9-3)20-6/h14-16,18H,7-13H2,1-6H3. The third-order valence-electron chi connectivity index (χ3n) is 5.05. The normalized spacial score (nSPS) is 25.4. The van der Waals surface area contributed by atoms with Crippen LogP contribution in [0.5, 0.6) is 0 Å². The molecule has 0 bridgehead atoms. The van der Waals surface area contributed by atoms with Gasteiger partial charge in [-0.2, -0.15) is 11.8 Å². The molecule has 1 saturated heterocycles. The summed E-state index contributed by atoms with van der Waals surface area (Å²) in [5.41, 5.74) is 0. The topological polar surface area (TPSA) is 15.3 Å². The third kappa shape index (κ3) is 4.92. The quantitative estimate of drug-likeness (QED) is 0.729. The Labute approximate surface area is 131 Å². The van der Waals surface area contributed by atoms with Crippen LogP contribution in [0.4, 0.5) is 0 Å². The van der Waals surface area contributed by atoms with Crippen LogP contribution < -0.4 is 5.32 Å². The summed E-state index contributed by atoms with van der Waals surface area (Å²) in [4.78, 5) is 2.78. The summed E-state index contributed by atoms with van der Waals surface area (Å²) in [5.74, 6) is 0.787. The number of nitrogens with zero attached hydrogens (tertiary/aromatic N) is 1. The lowest BCUT2D eigenvalue weighted by Gasteiger charge is -2.45. The minimum Gasteiger partial charge on any atom is -0.311 e. The molecule has 0 spiro atoms. The molecule has 0 aromatic carbocycles. The molecule has 0 radical (unpaired) electrons. The fraction of sp³-hybridized carbons (Fsp3) is 1.00. The van der Waals surface area contributed by atoms with Crippen molar-refractivity contribution in [3.8, 4) is 0 Å². The van der Waals surface area contributed by atoms with E-state index < -0.39 is 0 Å². The van der Waals surface area contributed by atoms with Gasteiger partial charge in [-0.05, 0) is 37.9 Å². The van der Waals surface area contributed by atoms with E-state index in [0.717, 1.165) is 12.0 Å². The molecule has 20 heavy (non-hydrogen) atoms. The highest BCUT2D eigenvalue weighted by Crippen LogP contribution is 2.33. The van der Waals surface area contributed by atoms with Gasteiger partial charge in [-0.25, -0.2) is 0 Å². The van der Waals surface area contributed by atoms with Crippen molar-refractivity contribution in [3.63, 3.8) is 0 Å². The van der Waals surface area contributed by atoms with Crippen LogP contribution in [-0.2, 0) is 0 Å². The summed E-state index contributed by atoms with van der Waals surface area (Å²) in [6.45, 7) is 15.4. The molecule has 120 valence electrons. The van der Waals surface area contributed by atoms with Crippen LogP contribution in [0, 0.1) is 5.92 Å². The molecule has 3 heteroatoms. The molecule has 0 aromatic heterocycles. The van der Waals surface area contributed by atoms with Crippen LogP contribution in [0.2, 0.25) is 0 Å². The van der Waals surface area contributed by atoms with Crippen molar-refractivity contribution in [1.29, 1.82) is 0 Å². The second kappa shape index (κ2) is 8.65. The molecule has 1 N–H and O–H groups in total. The molecule has 1 aliphatic rings. The molecule has 0 saturated carbocycles. The molecular weight excluding hydrogens is 264 g/mol. The van der Waals surface area contributed by atoms with E-state index in [1.165, 1.54) is 45.3 Å². The van der Waals surface area contributed by atoms with Crippen LogP contribution in [0.25, 0.3) is 0 Å². The van der Waals surface area contributed by atoms with E-state index in [1.54, 1.807) is 0 Å². The van der Waals surface area contributed by atoms with Crippen molar-refractivity contribution in [2.24, 2.45) is 5.92 Å². The third-order valence-corrected chi connectivity index (χ3v) is 6.63. The molecule has 1 aliphatic heterocycles. The molecule has 2 nitrogen and oxygen atoms in total. The van der Waals surface area contributed by atoms with Crippen molar-refractivity contribution in [2.75, 3.05) is 25.9 Å². The zero-order chi connectivity index (χ0) is 15.2. The van der Waals surface area contributed by atoms with E-state index in [4.69, 9.17) is 0 Å². The maximum absolute atomic E-state index is 3.77. The number of hydrogen-bond acceptors (Lipinski definition) is 3. The predicted molar refractivity (Wildman–Crippen MR) is 93.7 cm³/mol. The van der Waals surface area contributed by atoms with Crippen LogP contribution >= 0.6 is 11.8 Å². The van der Waals surface area contributed by atoms with Gasteiger partial charge in [-0.3, -0.25) is 4.90 Å². The molecule has 1 fully saturated rings. The Balaban J connectivity index is 2.70. The lowest BCUT2D eigenvalue weighted by Crippen LogP contribution is -2.59. The first-order valence-electron chi connectivity index (χ1n) is 8.52. The van der Waals surface area contributed by atoms with Crippen LogP contribution in [0.3, 0.4) is 0 Å². The van der Waals surface area contributed by atoms with E-state index in [9.17, 15) is 0 Å². The highest BCUT2D eigenvalue weighted by atomic mass is 32.2. The smallest absolute Gasteiger partial charge is 0.0279 e. The Morgan fingerprint density at radius 2 is 1.90 bits per heavy atom. The fourth-order valence-electron chi connectivity index (χ4n) is 3.45. The number of nitrogens with one attached hydrogen (secondary N) is 1. The summed E-state index contributed by atoms with van der Waals surface area (Å²) in [6.07, 6.45) is 7.41. The molecule has 1 rings (SSSR count). The van der Waals surface area contributed by atoms with E-state index >= 15 is 0 Å². The summed E-state index contributed by atoms with van der Waals surface area (Å²) in [5, 5.41) is 3.77. The molecule has 1 heterocycles. The average Bonchev–Trinajstić information content (AvgIpc) is 2.44. The Morgan fingerprint density at radius 3 is 2.35 bits per heavy atom. The van der Waals surface area contributed by atoms with Gasteiger partial charge >= 0.3 is 0 Å². The number of thioether (sulfide) groups is 1. The van der Waals surface area contributed by atoms with Gasteiger partial charge in [0.1, 0.15) is 0 Å².